The second kappa shape index (κ2) is 10.4. The van der Waals surface area contributed by atoms with E-state index in [1.807, 2.05) is 37.3 Å². The van der Waals surface area contributed by atoms with Gasteiger partial charge in [-0.05, 0) is 55.7 Å². The highest BCUT2D eigenvalue weighted by Crippen LogP contribution is 2.39. The molecule has 2 heterocycles. The lowest BCUT2D eigenvalue weighted by molar-refractivity contribution is -0.165. The zero-order valence-corrected chi connectivity index (χ0v) is 17.0. The third-order valence-electron chi connectivity index (χ3n) is 4.81. The van der Waals surface area contributed by atoms with Crippen LogP contribution in [0, 0.1) is 5.92 Å². The van der Waals surface area contributed by atoms with Crippen molar-refractivity contribution in [3.05, 3.63) is 71.2 Å². The summed E-state index contributed by atoms with van der Waals surface area (Å²) in [7, 11) is 0. The molecule has 1 aromatic carbocycles. The number of carbonyl (C=O) groups excluding carboxylic acids is 1. The van der Waals surface area contributed by atoms with Crippen LogP contribution in [-0.4, -0.2) is 35.5 Å². The number of hydrogen-bond donors (Lipinski definition) is 2. The molecule has 1 aromatic heterocycles. The van der Waals surface area contributed by atoms with Gasteiger partial charge in [0.15, 0.2) is 5.76 Å². The molecule has 1 aliphatic heterocycles. The second-order valence-electron chi connectivity index (χ2n) is 6.78. The Morgan fingerprint density at radius 1 is 1.31 bits per heavy atom. The fourth-order valence-corrected chi connectivity index (χ4v) is 3.59. The average Bonchev–Trinajstić information content (AvgIpc) is 2.74. The maximum Gasteiger partial charge on any atom is 0.290 e. The first-order chi connectivity index (χ1) is 14.1. The minimum Gasteiger partial charge on any atom is -0.459 e. The Kier molecular flexibility index (Phi) is 7.63. The van der Waals surface area contributed by atoms with Gasteiger partial charge < -0.3 is 19.9 Å². The first-order valence-electron chi connectivity index (χ1n) is 9.70. The summed E-state index contributed by atoms with van der Waals surface area (Å²) in [6.45, 7) is 2.42. The lowest BCUT2D eigenvalue weighted by atomic mass is 9.80. The van der Waals surface area contributed by atoms with E-state index in [1.54, 1.807) is 24.5 Å². The molecule has 6 nitrogen and oxygen atoms in total. The monoisotopic (exact) mass is 416 g/mol. The molecule has 0 fully saturated rings. The molecule has 3 atom stereocenters. The summed E-state index contributed by atoms with van der Waals surface area (Å²) in [5.74, 6) is -0.313. The van der Waals surface area contributed by atoms with Gasteiger partial charge in [-0.25, -0.2) is 0 Å². The zero-order chi connectivity index (χ0) is 20.6. The van der Waals surface area contributed by atoms with Gasteiger partial charge in [0.1, 0.15) is 0 Å². The van der Waals surface area contributed by atoms with Crippen molar-refractivity contribution < 1.29 is 19.4 Å². The summed E-state index contributed by atoms with van der Waals surface area (Å²) < 4.78 is 11.8. The normalized spacial score (nSPS) is 21.2. The number of anilines is 1. The number of carbonyl (C=O) groups is 1. The maximum atomic E-state index is 12.8. The number of amides is 1. The molecule has 0 unspecified atom stereocenters. The fraction of sp³-hybridized carbons (Fsp3) is 0.364. The van der Waals surface area contributed by atoms with Crippen LogP contribution < -0.4 is 5.32 Å². The van der Waals surface area contributed by atoms with Crippen LogP contribution >= 0.6 is 11.6 Å². The van der Waals surface area contributed by atoms with Crippen LogP contribution in [0.2, 0.25) is 5.02 Å². The van der Waals surface area contributed by atoms with E-state index in [0.29, 0.717) is 30.2 Å². The third-order valence-corrected chi connectivity index (χ3v) is 5.06. The van der Waals surface area contributed by atoms with E-state index in [-0.39, 0.29) is 30.1 Å². The second-order valence-corrected chi connectivity index (χ2v) is 7.21. The highest BCUT2D eigenvalue weighted by Gasteiger charge is 2.37. The molecule has 0 aliphatic carbocycles. The first-order valence-corrected chi connectivity index (χ1v) is 10.1. The molecular formula is C22H25ClN2O4. The predicted molar refractivity (Wildman–Crippen MR) is 111 cm³/mol. The van der Waals surface area contributed by atoms with E-state index in [9.17, 15) is 9.90 Å². The van der Waals surface area contributed by atoms with Gasteiger partial charge in [0.25, 0.3) is 5.91 Å². The summed E-state index contributed by atoms with van der Waals surface area (Å²) >= 11 is 6.05. The molecule has 154 valence electrons. The highest BCUT2D eigenvalue weighted by molar-refractivity contribution is 6.30. The summed E-state index contributed by atoms with van der Waals surface area (Å²) in [6.07, 6.45) is 5.76. The van der Waals surface area contributed by atoms with Crippen LogP contribution in [-0.2, 0) is 14.3 Å². The molecule has 2 N–H and O–H groups in total. The number of aliphatic hydroxyl groups is 1. The van der Waals surface area contributed by atoms with Crippen LogP contribution in [0.5, 0.6) is 0 Å². The molecule has 1 aliphatic rings. The van der Waals surface area contributed by atoms with Crippen molar-refractivity contribution >= 4 is 23.2 Å². The standard InChI is InChI=1S/C22H25ClN2O4/c1-2-28-22-18(6-4-12-26)19(15-7-9-16(23)10-8-15)13-20(29-22)21(27)25-17-5-3-11-24-14-17/h3,5,7-11,13-14,18-19,22,26H,2,4,6,12H2,1H3,(H,25,27)/t18-,19-,22-/m1/s1. The number of allylic oxidation sites excluding steroid dienone is 1. The minimum atomic E-state index is -0.591. The summed E-state index contributed by atoms with van der Waals surface area (Å²) in [5, 5.41) is 12.8. The van der Waals surface area contributed by atoms with Crippen LogP contribution in [0.1, 0.15) is 31.2 Å². The lowest BCUT2D eigenvalue weighted by Crippen LogP contribution is -2.37. The highest BCUT2D eigenvalue weighted by atomic mass is 35.5. The number of halogens is 1. The van der Waals surface area contributed by atoms with Gasteiger partial charge in [-0.3, -0.25) is 9.78 Å². The predicted octanol–water partition coefficient (Wildman–Crippen LogP) is 4.12. The molecule has 29 heavy (non-hydrogen) atoms. The number of nitrogens with zero attached hydrogens (tertiary/aromatic N) is 1. The van der Waals surface area contributed by atoms with Gasteiger partial charge in [-0.1, -0.05) is 23.7 Å². The number of aromatic nitrogens is 1. The number of pyridine rings is 1. The van der Waals surface area contributed by atoms with Crippen molar-refractivity contribution in [2.75, 3.05) is 18.5 Å². The minimum absolute atomic E-state index is 0.0433. The Morgan fingerprint density at radius 3 is 2.76 bits per heavy atom. The van der Waals surface area contributed by atoms with E-state index < -0.39 is 6.29 Å². The van der Waals surface area contributed by atoms with Gasteiger partial charge in [0.05, 0.1) is 11.9 Å². The molecule has 0 saturated carbocycles. The summed E-state index contributed by atoms with van der Waals surface area (Å²) in [4.78, 5) is 16.8. The van der Waals surface area contributed by atoms with Crippen LogP contribution in [0.15, 0.2) is 60.6 Å². The first kappa shape index (κ1) is 21.3. The van der Waals surface area contributed by atoms with E-state index in [4.69, 9.17) is 21.1 Å². The molecule has 1 amide bonds. The van der Waals surface area contributed by atoms with Crippen molar-refractivity contribution in [1.82, 2.24) is 4.98 Å². The van der Waals surface area contributed by atoms with Crippen LogP contribution in [0.4, 0.5) is 5.69 Å². The fourth-order valence-electron chi connectivity index (χ4n) is 3.46. The van der Waals surface area contributed by atoms with Gasteiger partial charge in [0, 0.05) is 36.3 Å². The third kappa shape index (κ3) is 5.56. The molecule has 0 radical (unpaired) electrons. The Labute approximate surface area is 175 Å². The van der Waals surface area contributed by atoms with E-state index in [2.05, 4.69) is 10.3 Å². The maximum absolute atomic E-state index is 12.8. The number of hydrogen-bond acceptors (Lipinski definition) is 5. The largest absolute Gasteiger partial charge is 0.459 e. The Balaban J connectivity index is 1.92. The van der Waals surface area contributed by atoms with Crippen LogP contribution in [0.3, 0.4) is 0 Å². The number of benzene rings is 1. The summed E-state index contributed by atoms with van der Waals surface area (Å²) in [5.41, 5.74) is 1.59. The molecule has 2 aromatic rings. The Hall–Kier alpha value is -2.41. The molecule has 0 bridgehead atoms. The van der Waals surface area contributed by atoms with Crippen molar-refractivity contribution in [2.45, 2.75) is 32.0 Å². The number of ether oxygens (including phenoxy) is 2. The molecule has 3 rings (SSSR count). The lowest BCUT2D eigenvalue weighted by Gasteiger charge is -2.37. The topological polar surface area (TPSA) is 80.7 Å². The molecule has 7 heteroatoms. The number of rotatable bonds is 8. The molecular weight excluding hydrogens is 392 g/mol. The number of nitrogens with one attached hydrogen (secondary N) is 1. The SMILES string of the molecule is CCO[C@@H]1OC(C(=O)Nc2cccnc2)=C[C@H](c2ccc(Cl)cc2)[C@H]1CCCO. The van der Waals surface area contributed by atoms with Gasteiger partial charge in [-0.2, -0.15) is 0 Å². The quantitative estimate of drug-likeness (QED) is 0.676. The van der Waals surface area contributed by atoms with Gasteiger partial charge >= 0.3 is 0 Å². The molecule has 0 saturated heterocycles. The molecule has 0 spiro atoms. The Bertz CT molecular complexity index is 826. The van der Waals surface area contributed by atoms with Crippen LogP contribution in [0.25, 0.3) is 0 Å². The van der Waals surface area contributed by atoms with Crippen molar-refractivity contribution in [3.63, 3.8) is 0 Å². The van der Waals surface area contributed by atoms with Crippen molar-refractivity contribution in [1.29, 1.82) is 0 Å². The number of aliphatic hydroxyl groups excluding tert-OH is 1. The average molecular weight is 417 g/mol. The smallest absolute Gasteiger partial charge is 0.290 e. The van der Waals surface area contributed by atoms with Gasteiger partial charge in [-0.15, -0.1) is 0 Å². The summed E-state index contributed by atoms with van der Waals surface area (Å²) in [6, 6.07) is 11.1. The van der Waals surface area contributed by atoms with Gasteiger partial charge in [0.2, 0.25) is 6.29 Å². The Morgan fingerprint density at radius 2 is 2.10 bits per heavy atom. The van der Waals surface area contributed by atoms with Crippen molar-refractivity contribution in [3.8, 4) is 0 Å². The van der Waals surface area contributed by atoms with E-state index in [0.717, 1.165) is 5.56 Å². The van der Waals surface area contributed by atoms with E-state index in [1.165, 1.54) is 0 Å². The van der Waals surface area contributed by atoms with E-state index >= 15 is 0 Å². The zero-order valence-electron chi connectivity index (χ0n) is 16.3. The van der Waals surface area contributed by atoms with Crippen molar-refractivity contribution in [2.24, 2.45) is 5.92 Å².